The average molecular weight is 243 g/mol. The Balaban J connectivity index is 1.91. The molecule has 1 aliphatic heterocycles. The second kappa shape index (κ2) is 6.81. The van der Waals surface area contributed by atoms with Crippen LogP contribution in [0.4, 0.5) is 0 Å². The topological polar surface area (TPSA) is 12.0 Å². The van der Waals surface area contributed by atoms with E-state index in [-0.39, 0.29) is 0 Å². The van der Waals surface area contributed by atoms with Crippen molar-refractivity contribution in [3.8, 4) is 12.3 Å². The summed E-state index contributed by atoms with van der Waals surface area (Å²) in [5, 5.41) is 3.84. The Hall–Kier alpha value is -1.00. The number of fused-ring (bicyclic) bond motifs is 1. The van der Waals surface area contributed by atoms with E-state index in [2.05, 4.69) is 23.9 Å². The molecule has 1 saturated carbocycles. The Morgan fingerprint density at radius 2 is 2.11 bits per heavy atom. The van der Waals surface area contributed by atoms with Crippen molar-refractivity contribution in [1.29, 1.82) is 0 Å². The zero-order valence-electron chi connectivity index (χ0n) is 11.3. The lowest BCUT2D eigenvalue weighted by Crippen LogP contribution is -2.51. The first kappa shape index (κ1) is 13.4. The van der Waals surface area contributed by atoms with Crippen molar-refractivity contribution in [1.82, 2.24) is 5.32 Å². The lowest BCUT2D eigenvalue weighted by Gasteiger charge is -2.44. The molecule has 0 bridgehead atoms. The molecule has 0 aromatic carbocycles. The molecule has 2 fully saturated rings. The number of terminal acetylenes is 1. The van der Waals surface area contributed by atoms with Crippen LogP contribution in [-0.4, -0.2) is 12.1 Å². The first-order valence-electron chi connectivity index (χ1n) is 7.33. The van der Waals surface area contributed by atoms with Crippen molar-refractivity contribution in [3.63, 3.8) is 0 Å². The maximum atomic E-state index is 5.27. The largest absolute Gasteiger partial charge is 0.311 e. The summed E-state index contributed by atoms with van der Waals surface area (Å²) in [5.74, 6) is 4.30. The van der Waals surface area contributed by atoms with Crippen LogP contribution in [0.15, 0.2) is 24.8 Å². The molecule has 4 unspecified atom stereocenters. The maximum Gasteiger partial charge on any atom is 0.0104 e. The summed E-state index contributed by atoms with van der Waals surface area (Å²) in [5.41, 5.74) is 0. The summed E-state index contributed by atoms with van der Waals surface area (Å²) in [6.45, 7) is 3.86. The fraction of sp³-hybridized carbons (Fsp3) is 0.647. The van der Waals surface area contributed by atoms with Crippen LogP contribution in [0, 0.1) is 24.2 Å². The van der Waals surface area contributed by atoms with Gasteiger partial charge >= 0.3 is 0 Å². The van der Waals surface area contributed by atoms with Crippen molar-refractivity contribution in [2.24, 2.45) is 11.8 Å². The molecule has 1 N–H and O–H groups in total. The summed E-state index contributed by atoms with van der Waals surface area (Å²) in [4.78, 5) is 0. The normalized spacial score (nSPS) is 35.9. The molecule has 1 aliphatic carbocycles. The van der Waals surface area contributed by atoms with Crippen LogP contribution in [0.1, 0.15) is 44.9 Å². The molecule has 1 heterocycles. The van der Waals surface area contributed by atoms with Crippen LogP contribution in [-0.2, 0) is 0 Å². The second-order valence-corrected chi connectivity index (χ2v) is 5.73. The predicted octanol–water partition coefficient (Wildman–Crippen LogP) is 3.68. The standard InChI is InChI=1S/C17H25N/c1-3-5-6-9-14-10-7-11-17-16(14)13-12-15(18-17)8-4-2/h1,4-6,14-18H,2,7-13H2/b6-5-. The summed E-state index contributed by atoms with van der Waals surface area (Å²) >= 11 is 0. The molecule has 0 aromatic rings. The number of nitrogens with one attached hydrogen (secondary N) is 1. The molecule has 98 valence electrons. The third kappa shape index (κ3) is 3.27. The molecule has 18 heavy (non-hydrogen) atoms. The quantitative estimate of drug-likeness (QED) is 0.586. The molecule has 0 radical (unpaired) electrons. The van der Waals surface area contributed by atoms with Crippen LogP contribution in [0.2, 0.25) is 0 Å². The highest BCUT2D eigenvalue weighted by Crippen LogP contribution is 2.39. The van der Waals surface area contributed by atoms with Crippen LogP contribution < -0.4 is 5.32 Å². The second-order valence-electron chi connectivity index (χ2n) is 5.73. The van der Waals surface area contributed by atoms with E-state index in [9.17, 15) is 0 Å². The molecule has 1 nitrogen and oxygen atoms in total. The fourth-order valence-electron chi connectivity index (χ4n) is 3.77. The molecule has 2 rings (SSSR count). The smallest absolute Gasteiger partial charge is 0.0104 e. The average Bonchev–Trinajstić information content (AvgIpc) is 2.39. The first-order valence-corrected chi connectivity index (χ1v) is 7.33. The molecule has 4 atom stereocenters. The zero-order valence-corrected chi connectivity index (χ0v) is 11.3. The number of hydrogen-bond donors (Lipinski definition) is 1. The minimum atomic E-state index is 0.670. The van der Waals surface area contributed by atoms with Gasteiger partial charge in [0.1, 0.15) is 0 Å². The first-order chi connectivity index (χ1) is 8.85. The van der Waals surface area contributed by atoms with E-state index >= 15 is 0 Å². The summed E-state index contributed by atoms with van der Waals surface area (Å²) in [6, 6.07) is 1.41. The van der Waals surface area contributed by atoms with Gasteiger partial charge in [-0.3, -0.25) is 0 Å². The molecular weight excluding hydrogens is 218 g/mol. The van der Waals surface area contributed by atoms with E-state index in [0.717, 1.165) is 24.3 Å². The molecule has 1 saturated heterocycles. The van der Waals surface area contributed by atoms with E-state index in [1.54, 1.807) is 0 Å². The van der Waals surface area contributed by atoms with Crippen molar-refractivity contribution >= 4 is 0 Å². The molecule has 0 aromatic heterocycles. The van der Waals surface area contributed by atoms with Gasteiger partial charge in [0, 0.05) is 12.1 Å². The Bertz CT molecular complexity index is 336. The Morgan fingerprint density at radius 1 is 1.22 bits per heavy atom. The molecular formula is C17H25N. The van der Waals surface area contributed by atoms with Crippen molar-refractivity contribution < 1.29 is 0 Å². The van der Waals surface area contributed by atoms with Gasteiger partial charge in [0.2, 0.25) is 0 Å². The fourth-order valence-corrected chi connectivity index (χ4v) is 3.77. The number of piperidine rings is 1. The SMILES string of the molecule is C#C/C=C\CC1CCCC2NC(CC=C)CCC12. The highest BCUT2D eigenvalue weighted by atomic mass is 15.0. The minimum Gasteiger partial charge on any atom is -0.311 e. The Kier molecular flexibility index (Phi) is 5.08. The van der Waals surface area contributed by atoms with Gasteiger partial charge in [-0.05, 0) is 56.4 Å². The molecule has 0 spiro atoms. The van der Waals surface area contributed by atoms with Crippen LogP contribution in [0.3, 0.4) is 0 Å². The van der Waals surface area contributed by atoms with Crippen LogP contribution >= 0.6 is 0 Å². The van der Waals surface area contributed by atoms with Crippen molar-refractivity contribution in [2.45, 2.75) is 57.0 Å². The van der Waals surface area contributed by atoms with E-state index in [1.807, 2.05) is 12.2 Å². The molecule has 1 heteroatoms. The third-order valence-electron chi connectivity index (χ3n) is 4.61. The van der Waals surface area contributed by atoms with Crippen LogP contribution in [0.25, 0.3) is 0 Å². The molecule has 0 amide bonds. The van der Waals surface area contributed by atoms with E-state index < -0.39 is 0 Å². The van der Waals surface area contributed by atoms with Gasteiger partial charge in [0.05, 0.1) is 0 Å². The maximum absolute atomic E-state index is 5.27. The molecule has 2 aliphatic rings. The van der Waals surface area contributed by atoms with Gasteiger partial charge in [-0.1, -0.05) is 24.5 Å². The summed E-state index contributed by atoms with van der Waals surface area (Å²) in [6.07, 6.45) is 20.4. The number of allylic oxidation sites excluding steroid dienone is 2. The third-order valence-corrected chi connectivity index (χ3v) is 4.61. The van der Waals surface area contributed by atoms with Gasteiger partial charge in [0.15, 0.2) is 0 Å². The van der Waals surface area contributed by atoms with Gasteiger partial charge in [-0.2, -0.15) is 0 Å². The minimum absolute atomic E-state index is 0.670. The highest BCUT2D eigenvalue weighted by Gasteiger charge is 2.36. The van der Waals surface area contributed by atoms with Crippen molar-refractivity contribution in [2.75, 3.05) is 0 Å². The Labute approximate surface area is 112 Å². The van der Waals surface area contributed by atoms with Gasteiger partial charge < -0.3 is 5.32 Å². The van der Waals surface area contributed by atoms with E-state index in [0.29, 0.717) is 6.04 Å². The lowest BCUT2D eigenvalue weighted by atomic mass is 9.69. The summed E-state index contributed by atoms with van der Waals surface area (Å²) in [7, 11) is 0. The van der Waals surface area contributed by atoms with E-state index in [1.165, 1.54) is 38.5 Å². The van der Waals surface area contributed by atoms with Gasteiger partial charge in [-0.25, -0.2) is 0 Å². The van der Waals surface area contributed by atoms with E-state index in [4.69, 9.17) is 6.42 Å². The van der Waals surface area contributed by atoms with Gasteiger partial charge in [-0.15, -0.1) is 13.0 Å². The van der Waals surface area contributed by atoms with Crippen LogP contribution in [0.5, 0.6) is 0 Å². The number of hydrogen-bond acceptors (Lipinski definition) is 1. The summed E-state index contributed by atoms with van der Waals surface area (Å²) < 4.78 is 0. The predicted molar refractivity (Wildman–Crippen MR) is 78.2 cm³/mol. The van der Waals surface area contributed by atoms with Gasteiger partial charge in [0.25, 0.3) is 0 Å². The lowest BCUT2D eigenvalue weighted by molar-refractivity contribution is 0.117. The Morgan fingerprint density at radius 3 is 2.89 bits per heavy atom. The number of rotatable bonds is 4. The zero-order chi connectivity index (χ0) is 12.8. The van der Waals surface area contributed by atoms with Crippen molar-refractivity contribution in [3.05, 3.63) is 24.8 Å². The monoisotopic (exact) mass is 243 g/mol. The highest BCUT2D eigenvalue weighted by molar-refractivity contribution is 5.09.